The molecule has 39 heavy (non-hydrogen) atoms. The Hall–Kier alpha value is -1.83. The maximum Gasteiger partial charge on any atom is 0.260 e. The number of benzene rings is 2. The molecule has 0 atom stereocenters. The first kappa shape index (κ1) is 30.1. The molecule has 0 aliphatic carbocycles. The van der Waals surface area contributed by atoms with Gasteiger partial charge in [0.25, 0.3) is 5.91 Å². The number of halogens is 2. The molecule has 9 nitrogen and oxygen atoms in total. The predicted molar refractivity (Wildman–Crippen MR) is 156 cm³/mol. The molecule has 3 aromatic rings. The molecule has 0 N–H and O–H groups in total. The van der Waals surface area contributed by atoms with Gasteiger partial charge >= 0.3 is 0 Å². The van der Waals surface area contributed by atoms with Crippen LogP contribution in [0.2, 0.25) is 5.02 Å². The summed E-state index contributed by atoms with van der Waals surface area (Å²) in [6, 6.07) is 9.91. The standard InChI is InChI=1S/C26H31ClN4O5S2.ClH/c1-19-17-21(27)18-23-24(19)28-26(37-23)31(8-2-7-29-9-13-35-14-10-29)25(32)20-3-5-22(6-4-20)38(33,34)30-11-15-36-16-12-30;/h3-6,17-18H,2,7-16H2,1H3;1H. The lowest BCUT2D eigenvalue weighted by Gasteiger charge is -2.28. The second-order valence-electron chi connectivity index (χ2n) is 9.37. The number of hydrogen-bond donors (Lipinski definition) is 0. The fraction of sp³-hybridized carbons (Fsp3) is 0.462. The topological polar surface area (TPSA) is 92.3 Å². The van der Waals surface area contributed by atoms with Crippen LogP contribution in [0.4, 0.5) is 5.13 Å². The number of ether oxygens (including phenoxy) is 2. The van der Waals surface area contributed by atoms with Gasteiger partial charge in [0.2, 0.25) is 10.0 Å². The fourth-order valence-electron chi connectivity index (χ4n) is 4.68. The average Bonchev–Trinajstić information content (AvgIpc) is 3.36. The molecule has 2 saturated heterocycles. The Labute approximate surface area is 244 Å². The number of carbonyl (C=O) groups is 1. The number of sulfonamides is 1. The molecule has 0 unspecified atom stereocenters. The highest BCUT2D eigenvalue weighted by Crippen LogP contribution is 2.34. The maximum atomic E-state index is 13.8. The number of nitrogens with zero attached hydrogens (tertiary/aromatic N) is 4. The number of morpholine rings is 2. The van der Waals surface area contributed by atoms with Gasteiger partial charge in [0.1, 0.15) is 0 Å². The minimum absolute atomic E-state index is 0. The van der Waals surface area contributed by atoms with Gasteiger partial charge in [0.05, 0.1) is 41.5 Å². The summed E-state index contributed by atoms with van der Waals surface area (Å²) in [5.74, 6) is -0.217. The molecular weight excluding hydrogens is 583 g/mol. The summed E-state index contributed by atoms with van der Waals surface area (Å²) < 4.78 is 39.1. The summed E-state index contributed by atoms with van der Waals surface area (Å²) in [5, 5.41) is 1.23. The van der Waals surface area contributed by atoms with Gasteiger partial charge in [-0.15, -0.1) is 12.4 Å². The lowest BCUT2D eigenvalue weighted by molar-refractivity contribution is 0.0376. The van der Waals surface area contributed by atoms with Crippen molar-refractivity contribution in [1.82, 2.24) is 14.2 Å². The van der Waals surface area contributed by atoms with Crippen LogP contribution in [0.1, 0.15) is 22.3 Å². The second kappa shape index (κ2) is 13.2. The van der Waals surface area contributed by atoms with Crippen molar-refractivity contribution >= 4 is 66.6 Å². The monoisotopic (exact) mass is 614 g/mol. The van der Waals surface area contributed by atoms with Crippen molar-refractivity contribution in [1.29, 1.82) is 0 Å². The number of aryl methyl sites for hydroxylation is 1. The highest BCUT2D eigenvalue weighted by Gasteiger charge is 2.27. The van der Waals surface area contributed by atoms with Gasteiger partial charge < -0.3 is 9.47 Å². The number of thiazole rings is 1. The Morgan fingerprint density at radius 1 is 1.05 bits per heavy atom. The van der Waals surface area contributed by atoms with Crippen molar-refractivity contribution in [2.45, 2.75) is 18.2 Å². The average molecular weight is 616 g/mol. The fourth-order valence-corrected chi connectivity index (χ4v) is 7.53. The first-order chi connectivity index (χ1) is 18.3. The summed E-state index contributed by atoms with van der Waals surface area (Å²) in [5.41, 5.74) is 2.19. The Kier molecular flexibility index (Phi) is 10.2. The molecule has 0 bridgehead atoms. The van der Waals surface area contributed by atoms with E-state index in [2.05, 4.69) is 4.90 Å². The summed E-state index contributed by atoms with van der Waals surface area (Å²) in [7, 11) is -3.64. The van der Waals surface area contributed by atoms with Gasteiger partial charge in [0.15, 0.2) is 5.13 Å². The van der Waals surface area contributed by atoms with Crippen molar-refractivity contribution in [2.75, 3.05) is 70.6 Å². The normalized spacial score (nSPS) is 17.2. The Balaban J connectivity index is 0.00000353. The summed E-state index contributed by atoms with van der Waals surface area (Å²) in [4.78, 5) is 22.8. The maximum absolute atomic E-state index is 13.8. The van der Waals surface area contributed by atoms with Crippen molar-refractivity contribution < 1.29 is 22.7 Å². The molecule has 0 saturated carbocycles. The molecule has 1 amide bonds. The van der Waals surface area contributed by atoms with E-state index in [9.17, 15) is 13.2 Å². The molecule has 3 heterocycles. The largest absolute Gasteiger partial charge is 0.379 e. The van der Waals surface area contributed by atoms with Crippen LogP contribution in [0.25, 0.3) is 10.2 Å². The first-order valence-corrected chi connectivity index (χ1v) is 15.3. The molecule has 2 aromatic carbocycles. The number of carbonyl (C=O) groups excluding carboxylic acids is 1. The molecule has 2 aliphatic heterocycles. The Morgan fingerprint density at radius 2 is 1.69 bits per heavy atom. The third-order valence-corrected chi connectivity index (χ3v) is 9.94. The van der Waals surface area contributed by atoms with E-state index in [1.54, 1.807) is 17.0 Å². The number of fused-ring (bicyclic) bond motifs is 1. The van der Waals surface area contributed by atoms with Crippen LogP contribution in [0.5, 0.6) is 0 Å². The van der Waals surface area contributed by atoms with E-state index in [0.717, 1.165) is 55.0 Å². The van der Waals surface area contributed by atoms with Crippen molar-refractivity contribution in [2.24, 2.45) is 0 Å². The third-order valence-electron chi connectivity index (χ3n) is 6.78. The predicted octanol–water partition coefficient (Wildman–Crippen LogP) is 4.07. The zero-order valence-corrected chi connectivity index (χ0v) is 24.9. The summed E-state index contributed by atoms with van der Waals surface area (Å²) in [6.07, 6.45) is 0.769. The molecule has 2 fully saturated rings. The highest BCUT2D eigenvalue weighted by molar-refractivity contribution is 7.89. The van der Waals surface area contributed by atoms with E-state index in [-0.39, 0.29) is 23.2 Å². The molecule has 212 valence electrons. The van der Waals surface area contributed by atoms with Gasteiger partial charge in [-0.3, -0.25) is 14.6 Å². The lowest BCUT2D eigenvalue weighted by atomic mass is 10.2. The lowest BCUT2D eigenvalue weighted by Crippen LogP contribution is -2.40. The molecule has 5 rings (SSSR count). The molecular formula is C26H32Cl2N4O5S2. The van der Waals surface area contributed by atoms with E-state index >= 15 is 0 Å². The molecule has 0 radical (unpaired) electrons. The quantitative estimate of drug-likeness (QED) is 0.378. The Bertz CT molecular complexity index is 1390. The van der Waals surface area contributed by atoms with Gasteiger partial charge in [0, 0.05) is 49.9 Å². The number of rotatable bonds is 8. The van der Waals surface area contributed by atoms with Crippen molar-refractivity contribution in [3.05, 3.63) is 52.5 Å². The minimum atomic E-state index is -3.64. The number of anilines is 1. The zero-order chi connectivity index (χ0) is 26.7. The molecule has 13 heteroatoms. The van der Waals surface area contributed by atoms with E-state index in [1.807, 2.05) is 19.1 Å². The van der Waals surface area contributed by atoms with Crippen LogP contribution < -0.4 is 4.90 Å². The molecule has 2 aliphatic rings. The summed E-state index contributed by atoms with van der Waals surface area (Å²) >= 11 is 7.70. The van der Waals surface area contributed by atoms with Gasteiger partial charge in [-0.25, -0.2) is 13.4 Å². The van der Waals surface area contributed by atoms with E-state index in [4.69, 9.17) is 26.1 Å². The van der Waals surface area contributed by atoms with Gasteiger partial charge in [-0.2, -0.15) is 4.31 Å². The van der Waals surface area contributed by atoms with Crippen LogP contribution in [0, 0.1) is 6.92 Å². The number of aromatic nitrogens is 1. The minimum Gasteiger partial charge on any atom is -0.379 e. The van der Waals surface area contributed by atoms with Crippen molar-refractivity contribution in [3.63, 3.8) is 0 Å². The van der Waals surface area contributed by atoms with Crippen LogP contribution in [0.3, 0.4) is 0 Å². The number of hydrogen-bond acceptors (Lipinski definition) is 8. The van der Waals surface area contributed by atoms with Crippen LogP contribution in [-0.2, 0) is 19.5 Å². The van der Waals surface area contributed by atoms with Crippen LogP contribution in [0.15, 0.2) is 41.3 Å². The SMILES string of the molecule is Cc1cc(Cl)cc2sc(N(CCCN3CCOCC3)C(=O)c3ccc(S(=O)(=O)N4CCOCC4)cc3)nc12.Cl. The second-order valence-corrected chi connectivity index (χ2v) is 12.8. The van der Waals surface area contributed by atoms with Crippen molar-refractivity contribution in [3.8, 4) is 0 Å². The van der Waals surface area contributed by atoms with Crippen LogP contribution in [-0.4, -0.2) is 94.2 Å². The van der Waals surface area contributed by atoms with Crippen LogP contribution >= 0.6 is 35.3 Å². The third kappa shape index (κ3) is 6.91. The smallest absolute Gasteiger partial charge is 0.260 e. The number of amides is 1. The summed E-state index contributed by atoms with van der Waals surface area (Å²) in [6.45, 7) is 7.89. The molecule has 1 aromatic heterocycles. The molecule has 0 spiro atoms. The van der Waals surface area contributed by atoms with Gasteiger partial charge in [-0.1, -0.05) is 22.9 Å². The highest BCUT2D eigenvalue weighted by atomic mass is 35.5. The zero-order valence-electron chi connectivity index (χ0n) is 21.7. The van der Waals surface area contributed by atoms with Gasteiger partial charge in [-0.05, 0) is 55.3 Å². The Morgan fingerprint density at radius 3 is 2.36 bits per heavy atom. The van der Waals surface area contributed by atoms with E-state index in [0.29, 0.717) is 48.6 Å². The first-order valence-electron chi connectivity index (χ1n) is 12.7. The van der Waals surface area contributed by atoms with E-state index in [1.165, 1.54) is 27.8 Å². The van der Waals surface area contributed by atoms with E-state index < -0.39 is 10.0 Å².